The normalized spacial score (nSPS) is 11.4. The van der Waals surface area contributed by atoms with Crippen LogP contribution < -0.4 is 4.74 Å². The Morgan fingerprint density at radius 2 is 1.74 bits per heavy atom. The van der Waals surface area contributed by atoms with Crippen molar-refractivity contribution in [3.63, 3.8) is 0 Å². The molecule has 0 amide bonds. The highest BCUT2D eigenvalue weighted by Gasteiger charge is 2.33. The van der Waals surface area contributed by atoms with Gasteiger partial charge >= 0.3 is 6.18 Å². The number of hydrogen-bond acceptors (Lipinski definition) is 1. The maximum Gasteiger partial charge on any atom is 0.417 e. The molecule has 0 fully saturated rings. The van der Waals surface area contributed by atoms with Crippen LogP contribution in [-0.2, 0) is 6.18 Å². The van der Waals surface area contributed by atoms with Crippen molar-refractivity contribution in [3.8, 4) is 16.9 Å². The molecule has 2 rings (SSSR count). The number of halogens is 4. The first-order valence-electron chi connectivity index (χ1n) is 5.43. The average molecular weight is 287 g/mol. The Hall–Kier alpha value is -1.68. The second-order valence-electron chi connectivity index (χ2n) is 3.89. The second-order valence-corrected chi connectivity index (χ2v) is 4.30. The maximum absolute atomic E-state index is 12.6. The Balaban J connectivity index is 2.51. The van der Waals surface area contributed by atoms with E-state index >= 15 is 0 Å². The molecule has 0 atom stereocenters. The predicted molar refractivity (Wildman–Crippen MR) is 68.4 cm³/mol. The number of para-hydroxylation sites is 1. The summed E-state index contributed by atoms with van der Waals surface area (Å²) in [6.45, 7) is 0. The number of rotatable bonds is 2. The molecular formula is C14H10ClF3O. The van der Waals surface area contributed by atoms with Crippen molar-refractivity contribution < 1.29 is 17.9 Å². The van der Waals surface area contributed by atoms with Crippen LogP contribution in [0.15, 0.2) is 42.5 Å². The van der Waals surface area contributed by atoms with Crippen molar-refractivity contribution in [3.05, 3.63) is 53.1 Å². The molecule has 0 saturated carbocycles. The Morgan fingerprint density at radius 1 is 1.05 bits per heavy atom. The van der Waals surface area contributed by atoms with Crippen LogP contribution in [0.25, 0.3) is 11.1 Å². The molecule has 0 heterocycles. The molecule has 0 radical (unpaired) electrons. The molecule has 2 aromatic carbocycles. The third-order valence-electron chi connectivity index (χ3n) is 2.69. The van der Waals surface area contributed by atoms with E-state index in [9.17, 15) is 13.2 Å². The summed E-state index contributed by atoms with van der Waals surface area (Å²) in [6, 6.07) is 10.7. The van der Waals surface area contributed by atoms with E-state index in [-0.39, 0.29) is 5.02 Å². The van der Waals surface area contributed by atoms with Gasteiger partial charge in [0.2, 0.25) is 0 Å². The third-order valence-corrected chi connectivity index (χ3v) is 3.01. The van der Waals surface area contributed by atoms with Crippen molar-refractivity contribution in [2.75, 3.05) is 7.11 Å². The molecule has 100 valence electrons. The SMILES string of the molecule is COc1ccccc1-c1ccc(C(F)(F)F)c(Cl)c1. The smallest absolute Gasteiger partial charge is 0.417 e. The van der Waals surface area contributed by atoms with Gasteiger partial charge in [-0.3, -0.25) is 0 Å². The summed E-state index contributed by atoms with van der Waals surface area (Å²) in [6.07, 6.45) is -4.45. The van der Waals surface area contributed by atoms with E-state index in [4.69, 9.17) is 16.3 Å². The van der Waals surface area contributed by atoms with Crippen LogP contribution in [0.5, 0.6) is 5.75 Å². The van der Waals surface area contributed by atoms with E-state index in [1.807, 2.05) is 0 Å². The van der Waals surface area contributed by atoms with E-state index < -0.39 is 11.7 Å². The van der Waals surface area contributed by atoms with E-state index in [1.165, 1.54) is 19.2 Å². The van der Waals surface area contributed by atoms with Crippen LogP contribution in [-0.4, -0.2) is 7.11 Å². The highest BCUT2D eigenvalue weighted by atomic mass is 35.5. The molecule has 0 aliphatic carbocycles. The largest absolute Gasteiger partial charge is 0.496 e. The molecule has 0 aliphatic rings. The molecule has 0 bridgehead atoms. The number of hydrogen-bond donors (Lipinski definition) is 0. The first-order valence-corrected chi connectivity index (χ1v) is 5.81. The molecule has 0 spiro atoms. The molecule has 19 heavy (non-hydrogen) atoms. The number of ether oxygens (including phenoxy) is 1. The highest BCUT2D eigenvalue weighted by Crippen LogP contribution is 2.38. The fourth-order valence-electron chi connectivity index (χ4n) is 1.80. The van der Waals surface area contributed by atoms with Crippen molar-refractivity contribution >= 4 is 11.6 Å². The van der Waals surface area contributed by atoms with Crippen molar-refractivity contribution in [2.45, 2.75) is 6.18 Å². The first kappa shape index (κ1) is 13.7. The van der Waals surface area contributed by atoms with Crippen molar-refractivity contribution in [1.29, 1.82) is 0 Å². The lowest BCUT2D eigenvalue weighted by Crippen LogP contribution is -2.05. The van der Waals surface area contributed by atoms with Gasteiger partial charge in [0.25, 0.3) is 0 Å². The highest BCUT2D eigenvalue weighted by molar-refractivity contribution is 6.31. The summed E-state index contributed by atoms with van der Waals surface area (Å²) in [5, 5.41) is -0.323. The Kier molecular flexibility index (Phi) is 3.71. The van der Waals surface area contributed by atoms with Crippen LogP contribution in [0.4, 0.5) is 13.2 Å². The van der Waals surface area contributed by atoms with Gasteiger partial charge in [-0.1, -0.05) is 35.9 Å². The number of benzene rings is 2. The zero-order valence-corrected chi connectivity index (χ0v) is 10.7. The fourth-order valence-corrected chi connectivity index (χ4v) is 2.08. The standard InChI is InChI=1S/C14H10ClF3O/c1-19-13-5-3-2-4-10(13)9-6-7-11(12(15)8-9)14(16,17)18/h2-8H,1H3. The molecule has 5 heteroatoms. The Morgan fingerprint density at radius 3 is 2.32 bits per heavy atom. The molecule has 0 saturated heterocycles. The first-order chi connectivity index (χ1) is 8.93. The molecular weight excluding hydrogens is 277 g/mol. The van der Waals surface area contributed by atoms with Crippen molar-refractivity contribution in [2.24, 2.45) is 0 Å². The summed E-state index contributed by atoms with van der Waals surface area (Å²) in [5.74, 6) is 0.582. The molecule has 0 unspecified atom stereocenters. The minimum Gasteiger partial charge on any atom is -0.496 e. The summed E-state index contributed by atoms with van der Waals surface area (Å²) < 4.78 is 43.0. The van der Waals surface area contributed by atoms with Gasteiger partial charge in [-0.25, -0.2) is 0 Å². The van der Waals surface area contributed by atoms with Gasteiger partial charge < -0.3 is 4.74 Å². The van der Waals surface area contributed by atoms with Gasteiger partial charge in [0.15, 0.2) is 0 Å². The van der Waals surface area contributed by atoms with Gasteiger partial charge in [0.05, 0.1) is 17.7 Å². The van der Waals surface area contributed by atoms with Gasteiger partial charge in [-0.15, -0.1) is 0 Å². The van der Waals surface area contributed by atoms with E-state index in [0.717, 1.165) is 6.07 Å². The Labute approximate surface area is 113 Å². The topological polar surface area (TPSA) is 9.23 Å². The Bertz CT molecular complexity index is 593. The lowest BCUT2D eigenvalue weighted by atomic mass is 10.0. The zero-order valence-electron chi connectivity index (χ0n) is 9.96. The lowest BCUT2D eigenvalue weighted by Gasteiger charge is -2.12. The van der Waals surface area contributed by atoms with Crippen LogP contribution in [0.1, 0.15) is 5.56 Å². The van der Waals surface area contributed by atoms with E-state index in [2.05, 4.69) is 0 Å². The van der Waals surface area contributed by atoms with Gasteiger partial charge in [-0.05, 0) is 23.8 Å². The zero-order chi connectivity index (χ0) is 14.0. The van der Waals surface area contributed by atoms with E-state index in [0.29, 0.717) is 16.9 Å². The summed E-state index contributed by atoms with van der Waals surface area (Å²) >= 11 is 5.70. The average Bonchev–Trinajstić information content (AvgIpc) is 2.37. The molecule has 2 aromatic rings. The van der Waals surface area contributed by atoms with Crippen LogP contribution in [0.3, 0.4) is 0 Å². The van der Waals surface area contributed by atoms with Crippen LogP contribution >= 0.6 is 11.6 Å². The van der Waals surface area contributed by atoms with Crippen LogP contribution in [0.2, 0.25) is 5.02 Å². The number of alkyl halides is 3. The molecule has 1 nitrogen and oxygen atoms in total. The molecule has 0 aliphatic heterocycles. The molecule has 0 N–H and O–H groups in total. The minimum absolute atomic E-state index is 0.323. The van der Waals surface area contributed by atoms with Crippen molar-refractivity contribution in [1.82, 2.24) is 0 Å². The maximum atomic E-state index is 12.6. The summed E-state index contributed by atoms with van der Waals surface area (Å²) in [5.41, 5.74) is 0.434. The van der Waals surface area contributed by atoms with E-state index in [1.54, 1.807) is 24.3 Å². The number of methoxy groups -OCH3 is 1. The lowest BCUT2D eigenvalue weighted by molar-refractivity contribution is -0.137. The summed E-state index contributed by atoms with van der Waals surface area (Å²) in [4.78, 5) is 0. The fraction of sp³-hybridized carbons (Fsp3) is 0.143. The van der Waals surface area contributed by atoms with Gasteiger partial charge in [0, 0.05) is 5.56 Å². The van der Waals surface area contributed by atoms with Gasteiger partial charge in [-0.2, -0.15) is 13.2 Å². The van der Waals surface area contributed by atoms with Gasteiger partial charge in [0.1, 0.15) is 5.75 Å². The second kappa shape index (κ2) is 5.13. The monoisotopic (exact) mass is 286 g/mol. The third kappa shape index (κ3) is 2.84. The minimum atomic E-state index is -4.45. The van der Waals surface area contributed by atoms with Crippen LogP contribution in [0, 0.1) is 0 Å². The quantitative estimate of drug-likeness (QED) is 0.752. The summed E-state index contributed by atoms with van der Waals surface area (Å²) in [7, 11) is 1.50. The predicted octanol–water partition coefficient (Wildman–Crippen LogP) is 5.03. The molecule has 0 aromatic heterocycles.